The topological polar surface area (TPSA) is 49.4 Å². The molecule has 2 atom stereocenters. The highest BCUT2D eigenvalue weighted by atomic mass is 35.5. The summed E-state index contributed by atoms with van der Waals surface area (Å²) in [5.74, 6) is -2.32. The minimum atomic E-state index is -5.33. The third kappa shape index (κ3) is 6.36. The molecule has 0 saturated carbocycles. The fourth-order valence-corrected chi connectivity index (χ4v) is 4.55. The highest BCUT2D eigenvalue weighted by Gasteiger charge is 2.48. The van der Waals surface area contributed by atoms with E-state index in [9.17, 15) is 22.8 Å². The number of amides is 3. The Morgan fingerprint density at radius 2 is 1.13 bits per heavy atom. The molecule has 4 aromatic rings. The smallest absolute Gasteiger partial charge is 0.327 e. The summed E-state index contributed by atoms with van der Waals surface area (Å²) >= 11 is 12.3. The van der Waals surface area contributed by atoms with Crippen LogP contribution in [0.25, 0.3) is 0 Å². The van der Waals surface area contributed by atoms with Gasteiger partial charge in [0.1, 0.15) is 0 Å². The van der Waals surface area contributed by atoms with Crippen LogP contribution in [-0.4, -0.2) is 23.0 Å². The number of carbonyl (C=O) groups is 2. The second-order valence-electron chi connectivity index (χ2n) is 8.39. The van der Waals surface area contributed by atoms with Crippen molar-refractivity contribution in [3.63, 3.8) is 0 Å². The van der Waals surface area contributed by atoms with E-state index >= 15 is 0 Å². The van der Waals surface area contributed by atoms with Crippen LogP contribution in [0.2, 0.25) is 10.0 Å². The molecule has 0 saturated heterocycles. The lowest BCUT2D eigenvalue weighted by Gasteiger charge is -2.33. The van der Waals surface area contributed by atoms with E-state index in [-0.39, 0.29) is 15.5 Å². The van der Waals surface area contributed by atoms with E-state index in [0.717, 1.165) is 0 Å². The SMILES string of the molecule is O=C(NC(c1ccccc1)c1cccc(Cl)c1)N(C(=O)C(F)(F)F)C(c1ccccc1)c1cccc(Cl)c1. The second-order valence-corrected chi connectivity index (χ2v) is 9.26. The van der Waals surface area contributed by atoms with Crippen LogP contribution in [0, 0.1) is 0 Å². The maximum Gasteiger partial charge on any atom is 0.471 e. The van der Waals surface area contributed by atoms with Gasteiger partial charge in [0.05, 0.1) is 12.1 Å². The summed E-state index contributed by atoms with van der Waals surface area (Å²) in [4.78, 5) is 26.8. The van der Waals surface area contributed by atoms with Gasteiger partial charge in [0.15, 0.2) is 0 Å². The van der Waals surface area contributed by atoms with Crippen molar-refractivity contribution in [1.29, 1.82) is 0 Å². The molecule has 2 unspecified atom stereocenters. The van der Waals surface area contributed by atoms with Gasteiger partial charge in [-0.05, 0) is 46.5 Å². The Labute approximate surface area is 227 Å². The lowest BCUT2D eigenvalue weighted by Crippen LogP contribution is -2.52. The molecule has 0 spiro atoms. The summed E-state index contributed by atoms with van der Waals surface area (Å²) in [6.45, 7) is 0. The second kappa shape index (κ2) is 11.7. The number of carbonyl (C=O) groups excluding carboxylic acids is 2. The summed E-state index contributed by atoms with van der Waals surface area (Å²) < 4.78 is 41.9. The lowest BCUT2D eigenvalue weighted by atomic mass is 9.96. The van der Waals surface area contributed by atoms with Crippen LogP contribution in [0.15, 0.2) is 109 Å². The van der Waals surface area contributed by atoms with E-state index < -0.39 is 30.2 Å². The van der Waals surface area contributed by atoms with E-state index in [1.165, 1.54) is 12.1 Å². The van der Waals surface area contributed by atoms with E-state index in [0.29, 0.717) is 21.7 Å². The molecule has 0 aromatic heterocycles. The van der Waals surface area contributed by atoms with Crippen LogP contribution in [0.3, 0.4) is 0 Å². The minimum Gasteiger partial charge on any atom is -0.327 e. The van der Waals surface area contributed by atoms with Crippen molar-refractivity contribution in [2.24, 2.45) is 0 Å². The lowest BCUT2D eigenvalue weighted by molar-refractivity contribution is -0.183. The first-order valence-electron chi connectivity index (χ1n) is 11.5. The molecule has 1 N–H and O–H groups in total. The molecule has 0 fully saturated rings. The van der Waals surface area contributed by atoms with Crippen molar-refractivity contribution in [3.05, 3.63) is 141 Å². The monoisotopic (exact) mass is 556 g/mol. The van der Waals surface area contributed by atoms with E-state index in [2.05, 4.69) is 5.32 Å². The fraction of sp³-hybridized carbons (Fsp3) is 0.103. The van der Waals surface area contributed by atoms with Crippen LogP contribution in [0.1, 0.15) is 34.3 Å². The summed E-state index contributed by atoms with van der Waals surface area (Å²) in [6, 6.07) is 25.7. The summed E-state index contributed by atoms with van der Waals surface area (Å²) in [6.07, 6.45) is -5.33. The van der Waals surface area contributed by atoms with Gasteiger partial charge in [0, 0.05) is 10.0 Å². The molecule has 0 radical (unpaired) electrons. The van der Waals surface area contributed by atoms with Crippen LogP contribution < -0.4 is 5.32 Å². The summed E-state index contributed by atoms with van der Waals surface area (Å²) in [5.41, 5.74) is 1.63. The fourth-order valence-electron chi connectivity index (χ4n) is 4.15. The van der Waals surface area contributed by atoms with Crippen molar-refractivity contribution in [3.8, 4) is 0 Å². The van der Waals surface area contributed by atoms with Gasteiger partial charge in [-0.2, -0.15) is 13.2 Å². The van der Waals surface area contributed by atoms with Crippen molar-refractivity contribution in [1.82, 2.24) is 10.2 Å². The van der Waals surface area contributed by atoms with Gasteiger partial charge >= 0.3 is 18.1 Å². The molecular formula is C29H21Cl2F3N2O2. The number of urea groups is 1. The van der Waals surface area contributed by atoms with Crippen LogP contribution >= 0.6 is 23.2 Å². The van der Waals surface area contributed by atoms with Crippen LogP contribution in [-0.2, 0) is 4.79 Å². The predicted octanol–water partition coefficient (Wildman–Crippen LogP) is 7.97. The molecule has 3 amide bonds. The van der Waals surface area contributed by atoms with E-state index in [4.69, 9.17) is 23.2 Å². The first-order valence-corrected chi connectivity index (χ1v) is 12.2. The van der Waals surface area contributed by atoms with Crippen LogP contribution in [0.5, 0.6) is 0 Å². The van der Waals surface area contributed by atoms with Crippen LogP contribution in [0.4, 0.5) is 18.0 Å². The number of imide groups is 1. The number of benzene rings is 4. The molecule has 0 bridgehead atoms. The quantitative estimate of drug-likeness (QED) is 0.262. The average Bonchev–Trinajstić information content (AvgIpc) is 2.90. The Balaban J connectivity index is 1.85. The number of hydrogen-bond acceptors (Lipinski definition) is 2. The molecule has 194 valence electrons. The Morgan fingerprint density at radius 3 is 1.66 bits per heavy atom. The zero-order valence-electron chi connectivity index (χ0n) is 19.7. The molecule has 0 aliphatic rings. The number of rotatable bonds is 6. The summed E-state index contributed by atoms with van der Waals surface area (Å²) in [5, 5.41) is 3.26. The molecule has 4 nitrogen and oxygen atoms in total. The Bertz CT molecular complexity index is 1420. The highest BCUT2D eigenvalue weighted by molar-refractivity contribution is 6.30. The van der Waals surface area contributed by atoms with Gasteiger partial charge in [-0.1, -0.05) is 108 Å². The third-order valence-corrected chi connectivity index (χ3v) is 6.27. The average molecular weight is 557 g/mol. The highest BCUT2D eigenvalue weighted by Crippen LogP contribution is 2.35. The van der Waals surface area contributed by atoms with Gasteiger partial charge in [0.2, 0.25) is 0 Å². The van der Waals surface area contributed by atoms with Gasteiger partial charge < -0.3 is 5.32 Å². The van der Waals surface area contributed by atoms with Gasteiger partial charge in [-0.3, -0.25) is 4.79 Å². The molecule has 38 heavy (non-hydrogen) atoms. The molecule has 4 aromatic carbocycles. The predicted molar refractivity (Wildman–Crippen MR) is 141 cm³/mol. The molecular weight excluding hydrogens is 536 g/mol. The summed E-state index contributed by atoms with van der Waals surface area (Å²) in [7, 11) is 0. The first-order chi connectivity index (χ1) is 18.1. The minimum absolute atomic E-state index is 0.196. The zero-order chi connectivity index (χ0) is 27.3. The van der Waals surface area contributed by atoms with Gasteiger partial charge in [-0.15, -0.1) is 0 Å². The zero-order valence-corrected chi connectivity index (χ0v) is 21.2. The van der Waals surface area contributed by atoms with E-state index in [1.54, 1.807) is 97.1 Å². The molecule has 0 aliphatic carbocycles. The normalized spacial score (nSPS) is 12.9. The third-order valence-electron chi connectivity index (χ3n) is 5.80. The molecule has 9 heteroatoms. The first kappa shape index (κ1) is 27.2. The van der Waals surface area contributed by atoms with Crippen molar-refractivity contribution >= 4 is 35.1 Å². The standard InChI is InChI=1S/C29H21Cl2F3N2O2/c30-23-15-7-13-21(17-23)25(19-9-3-1-4-10-19)35-28(38)36(27(37)29(32,33)34)26(20-11-5-2-6-12-20)22-14-8-16-24(31)18-22/h1-18,25-26H,(H,35,38). The molecule has 4 rings (SSSR count). The maximum atomic E-state index is 14.0. The molecule has 0 aliphatic heterocycles. The maximum absolute atomic E-state index is 14.0. The number of alkyl halides is 3. The number of nitrogens with zero attached hydrogens (tertiary/aromatic N) is 1. The Hall–Kier alpha value is -3.81. The molecule has 0 heterocycles. The van der Waals surface area contributed by atoms with Crippen molar-refractivity contribution in [2.45, 2.75) is 18.3 Å². The Kier molecular flexibility index (Phi) is 8.39. The van der Waals surface area contributed by atoms with E-state index in [1.807, 2.05) is 0 Å². The number of nitrogens with one attached hydrogen (secondary N) is 1. The number of hydrogen-bond donors (Lipinski definition) is 1. The van der Waals surface area contributed by atoms with Gasteiger partial charge in [-0.25, -0.2) is 9.69 Å². The van der Waals surface area contributed by atoms with Crippen molar-refractivity contribution in [2.75, 3.05) is 0 Å². The largest absolute Gasteiger partial charge is 0.471 e. The van der Waals surface area contributed by atoms with Crippen molar-refractivity contribution < 1.29 is 22.8 Å². The van der Waals surface area contributed by atoms with Gasteiger partial charge in [0.25, 0.3) is 0 Å². The Morgan fingerprint density at radius 1 is 0.658 bits per heavy atom. The number of halogens is 5.